The van der Waals surface area contributed by atoms with Crippen molar-refractivity contribution in [3.8, 4) is 0 Å². The van der Waals surface area contributed by atoms with Gasteiger partial charge < -0.3 is 15.0 Å². The largest absolute Gasteiger partial charge is 0.444 e. The van der Waals surface area contributed by atoms with Gasteiger partial charge in [0, 0.05) is 32.6 Å². The lowest BCUT2D eigenvalue weighted by Crippen LogP contribution is -2.62. The van der Waals surface area contributed by atoms with Crippen LogP contribution < -0.4 is 5.32 Å². The van der Waals surface area contributed by atoms with E-state index in [-0.39, 0.29) is 23.3 Å². The van der Waals surface area contributed by atoms with Crippen LogP contribution in [0.3, 0.4) is 0 Å². The molecule has 2 saturated heterocycles. The Hall–Kier alpha value is -1.79. The molecule has 148 valence electrons. The van der Waals surface area contributed by atoms with Gasteiger partial charge in [0.05, 0.1) is 0 Å². The lowest BCUT2D eigenvalue weighted by atomic mass is 9.76. The highest BCUT2D eigenvalue weighted by Gasteiger charge is 2.46. The van der Waals surface area contributed by atoms with Crippen molar-refractivity contribution in [2.24, 2.45) is 5.41 Å². The van der Waals surface area contributed by atoms with Gasteiger partial charge in [-0.2, -0.15) is 0 Å². The van der Waals surface area contributed by atoms with Crippen LogP contribution >= 0.6 is 0 Å². The van der Waals surface area contributed by atoms with E-state index in [1.54, 1.807) is 16.8 Å². The topological polar surface area (TPSA) is 79.0 Å². The summed E-state index contributed by atoms with van der Waals surface area (Å²) in [5.41, 5.74) is -0.943. The minimum absolute atomic E-state index is 0.0802. The second-order valence-corrected chi connectivity index (χ2v) is 9.19. The van der Waals surface area contributed by atoms with Crippen molar-refractivity contribution in [1.82, 2.24) is 15.1 Å². The number of hydrogen-bond acceptors (Lipinski definition) is 4. The average molecular weight is 367 g/mol. The minimum atomic E-state index is -0.605. The Labute approximate surface area is 156 Å². The molecule has 26 heavy (non-hydrogen) atoms. The summed E-state index contributed by atoms with van der Waals surface area (Å²) in [4.78, 5) is 40.6. The summed E-state index contributed by atoms with van der Waals surface area (Å²) >= 11 is 0. The third kappa shape index (κ3) is 4.89. The third-order valence-electron chi connectivity index (χ3n) is 5.12. The van der Waals surface area contributed by atoms with Crippen molar-refractivity contribution in [2.75, 3.05) is 20.1 Å². The number of rotatable bonds is 2. The Kier molecular flexibility index (Phi) is 5.88. The summed E-state index contributed by atoms with van der Waals surface area (Å²) < 4.78 is 5.53. The zero-order chi connectivity index (χ0) is 19.7. The van der Waals surface area contributed by atoms with Gasteiger partial charge in [0.1, 0.15) is 11.6 Å². The smallest absolute Gasteiger partial charge is 0.410 e. The van der Waals surface area contributed by atoms with Crippen LogP contribution in [0.25, 0.3) is 0 Å². The van der Waals surface area contributed by atoms with Gasteiger partial charge >= 0.3 is 6.09 Å². The molecule has 2 aliphatic heterocycles. The van der Waals surface area contributed by atoms with Gasteiger partial charge in [0.25, 0.3) is 0 Å². The number of likely N-dealkylation sites (N-methyl/N-ethyl adjacent to an activating group) is 1. The highest BCUT2D eigenvalue weighted by molar-refractivity contribution is 5.87. The number of ether oxygens (including phenoxy) is 1. The molecule has 3 amide bonds. The molecular weight excluding hydrogens is 334 g/mol. The Morgan fingerprint density at radius 3 is 2.50 bits per heavy atom. The average Bonchev–Trinajstić information content (AvgIpc) is 2.47. The van der Waals surface area contributed by atoms with E-state index < -0.39 is 17.7 Å². The first kappa shape index (κ1) is 20.5. The molecule has 0 unspecified atom stereocenters. The highest BCUT2D eigenvalue weighted by atomic mass is 16.6. The summed E-state index contributed by atoms with van der Waals surface area (Å²) in [7, 11) is 1.75. The van der Waals surface area contributed by atoms with Crippen LogP contribution in [0.4, 0.5) is 4.79 Å². The number of piperidine rings is 2. The van der Waals surface area contributed by atoms with Gasteiger partial charge in [0.2, 0.25) is 11.8 Å². The number of carbonyl (C=O) groups excluding carboxylic acids is 3. The van der Waals surface area contributed by atoms with Gasteiger partial charge in [0.15, 0.2) is 0 Å². The van der Waals surface area contributed by atoms with Gasteiger partial charge in [-0.3, -0.25) is 14.5 Å². The Bertz CT molecular complexity index is 568. The molecule has 2 fully saturated rings. The van der Waals surface area contributed by atoms with Crippen LogP contribution in [0.15, 0.2) is 0 Å². The van der Waals surface area contributed by atoms with Gasteiger partial charge in [-0.15, -0.1) is 0 Å². The first-order chi connectivity index (χ1) is 11.9. The monoisotopic (exact) mass is 367 g/mol. The zero-order valence-corrected chi connectivity index (χ0v) is 16.9. The van der Waals surface area contributed by atoms with Crippen LogP contribution in [0, 0.1) is 5.41 Å². The van der Waals surface area contributed by atoms with E-state index >= 15 is 0 Å². The van der Waals surface area contributed by atoms with Gasteiger partial charge in [-0.25, -0.2) is 4.79 Å². The van der Waals surface area contributed by atoms with E-state index in [0.717, 1.165) is 12.8 Å². The predicted octanol–water partition coefficient (Wildman–Crippen LogP) is 2.15. The number of amides is 3. The molecule has 0 aromatic rings. The van der Waals surface area contributed by atoms with Gasteiger partial charge in [-0.05, 0) is 45.4 Å². The van der Waals surface area contributed by atoms with Crippen LogP contribution in [0.1, 0.15) is 60.3 Å². The lowest BCUT2D eigenvalue weighted by molar-refractivity contribution is -0.137. The molecule has 7 nitrogen and oxygen atoms in total. The first-order valence-electron chi connectivity index (χ1n) is 9.45. The van der Waals surface area contributed by atoms with Crippen LogP contribution in [0.2, 0.25) is 0 Å². The normalized spacial score (nSPS) is 26.5. The number of nitrogens with zero attached hydrogens (tertiary/aromatic N) is 2. The molecule has 0 aliphatic carbocycles. The maximum absolute atomic E-state index is 13.1. The fourth-order valence-electron chi connectivity index (χ4n) is 3.82. The van der Waals surface area contributed by atoms with E-state index in [2.05, 4.69) is 5.32 Å². The number of likely N-dealkylation sites (tertiary alicyclic amines) is 2. The van der Waals surface area contributed by atoms with E-state index in [4.69, 9.17) is 4.74 Å². The molecule has 2 heterocycles. The van der Waals surface area contributed by atoms with E-state index in [1.807, 2.05) is 34.6 Å². The van der Waals surface area contributed by atoms with E-state index in [1.165, 1.54) is 0 Å². The van der Waals surface area contributed by atoms with E-state index in [9.17, 15) is 14.4 Å². The van der Waals surface area contributed by atoms with Crippen molar-refractivity contribution >= 4 is 17.9 Å². The number of carbonyl (C=O) groups is 3. The SMILES string of the molecule is CN1C[C@@H](NC(=O)[C@H]2N(C(=O)OC(C)(C)C)CCCC2(C)C)CCC1=O. The van der Waals surface area contributed by atoms with Crippen LogP contribution in [-0.4, -0.2) is 65.5 Å². The molecule has 0 radical (unpaired) electrons. The summed E-state index contributed by atoms with van der Waals surface area (Å²) in [6.45, 7) is 10.5. The molecule has 1 N–H and O–H groups in total. The molecule has 2 atom stereocenters. The number of hydrogen-bond donors (Lipinski definition) is 1. The summed E-state index contributed by atoms with van der Waals surface area (Å²) in [5.74, 6) is -0.0582. The Balaban J connectivity index is 2.13. The molecule has 0 spiro atoms. The molecule has 0 saturated carbocycles. The summed E-state index contributed by atoms with van der Waals surface area (Å²) in [6.07, 6.45) is 2.34. The van der Waals surface area contributed by atoms with Crippen molar-refractivity contribution in [3.63, 3.8) is 0 Å². The Morgan fingerprint density at radius 2 is 1.92 bits per heavy atom. The van der Waals surface area contributed by atoms with Crippen LogP contribution in [-0.2, 0) is 14.3 Å². The molecule has 2 aliphatic rings. The third-order valence-corrected chi connectivity index (χ3v) is 5.12. The maximum Gasteiger partial charge on any atom is 0.410 e. The fourth-order valence-corrected chi connectivity index (χ4v) is 3.82. The lowest BCUT2D eigenvalue weighted by Gasteiger charge is -2.46. The van der Waals surface area contributed by atoms with Gasteiger partial charge in [-0.1, -0.05) is 13.8 Å². The fraction of sp³-hybridized carbons (Fsp3) is 0.842. The molecule has 0 aromatic heterocycles. The standard InChI is InChI=1S/C19H33N3O4/c1-18(2,3)26-17(25)22-11-7-10-19(4,5)15(22)16(24)20-13-8-9-14(23)21(6)12-13/h13,15H,7-12H2,1-6H3,(H,20,24)/t13-,15+/m0/s1. The quantitative estimate of drug-likeness (QED) is 0.811. The summed E-state index contributed by atoms with van der Waals surface area (Å²) in [5, 5.41) is 3.06. The molecule has 7 heteroatoms. The summed E-state index contributed by atoms with van der Waals surface area (Å²) in [6, 6.07) is -0.655. The van der Waals surface area contributed by atoms with E-state index in [0.29, 0.717) is 25.9 Å². The van der Waals surface area contributed by atoms with Crippen molar-refractivity contribution < 1.29 is 19.1 Å². The maximum atomic E-state index is 13.1. The van der Waals surface area contributed by atoms with Crippen molar-refractivity contribution in [2.45, 2.75) is 78.0 Å². The first-order valence-corrected chi connectivity index (χ1v) is 9.45. The number of nitrogens with one attached hydrogen (secondary N) is 1. The molecule has 2 rings (SSSR count). The molecular formula is C19H33N3O4. The van der Waals surface area contributed by atoms with Crippen molar-refractivity contribution in [3.05, 3.63) is 0 Å². The minimum Gasteiger partial charge on any atom is -0.444 e. The van der Waals surface area contributed by atoms with Crippen molar-refractivity contribution in [1.29, 1.82) is 0 Å². The highest BCUT2D eigenvalue weighted by Crippen LogP contribution is 2.36. The zero-order valence-electron chi connectivity index (χ0n) is 16.9. The predicted molar refractivity (Wildman–Crippen MR) is 98.5 cm³/mol. The molecule has 0 aromatic carbocycles. The molecule has 0 bridgehead atoms. The second kappa shape index (κ2) is 7.45. The Morgan fingerprint density at radius 1 is 1.27 bits per heavy atom. The second-order valence-electron chi connectivity index (χ2n) is 9.19. The van der Waals surface area contributed by atoms with Crippen LogP contribution in [0.5, 0.6) is 0 Å².